The van der Waals surface area contributed by atoms with Gasteiger partial charge in [0.25, 0.3) is 0 Å². The first-order chi connectivity index (χ1) is 17.3. The maximum Gasteiger partial charge on any atom is 0.162 e. The van der Waals surface area contributed by atoms with Crippen molar-refractivity contribution in [1.82, 2.24) is 4.90 Å². The second-order valence-corrected chi connectivity index (χ2v) is 9.27. The van der Waals surface area contributed by atoms with Crippen molar-refractivity contribution in [2.75, 3.05) is 13.1 Å². The monoisotopic (exact) mass is 463 g/mol. The Balaban J connectivity index is 1.25. The highest BCUT2D eigenvalue weighted by atomic mass is 16.5. The van der Waals surface area contributed by atoms with Gasteiger partial charge in [-0.15, -0.1) is 0 Å². The molecule has 4 nitrogen and oxygen atoms in total. The Morgan fingerprint density at radius 1 is 0.600 bits per heavy atom. The highest BCUT2D eigenvalue weighted by molar-refractivity contribution is 5.51. The highest BCUT2D eigenvalue weighted by Crippen LogP contribution is 2.48. The van der Waals surface area contributed by atoms with Gasteiger partial charge >= 0.3 is 0 Å². The lowest BCUT2D eigenvalue weighted by Gasteiger charge is -2.32. The Kier molecular flexibility index (Phi) is 6.22. The molecule has 4 aromatic rings. The van der Waals surface area contributed by atoms with Crippen LogP contribution in [0, 0.1) is 0 Å². The summed E-state index contributed by atoms with van der Waals surface area (Å²) in [7, 11) is 0. The van der Waals surface area contributed by atoms with E-state index in [9.17, 15) is 0 Å². The summed E-state index contributed by atoms with van der Waals surface area (Å²) in [5.41, 5.74) is 6.04. The first-order valence-electron chi connectivity index (χ1n) is 12.2. The molecule has 0 spiro atoms. The van der Waals surface area contributed by atoms with Gasteiger partial charge < -0.3 is 14.2 Å². The molecule has 0 saturated carbocycles. The molecule has 1 fully saturated rings. The van der Waals surface area contributed by atoms with Gasteiger partial charge in [0.1, 0.15) is 13.2 Å². The second kappa shape index (κ2) is 9.95. The van der Waals surface area contributed by atoms with Crippen molar-refractivity contribution in [3.8, 4) is 11.5 Å². The van der Waals surface area contributed by atoms with E-state index in [-0.39, 0.29) is 12.2 Å². The van der Waals surface area contributed by atoms with Crippen LogP contribution < -0.4 is 9.47 Å². The third kappa shape index (κ3) is 4.95. The fourth-order valence-electron chi connectivity index (χ4n) is 4.99. The molecule has 1 saturated heterocycles. The van der Waals surface area contributed by atoms with Crippen LogP contribution in [-0.4, -0.2) is 18.0 Å². The molecule has 6 rings (SSSR count). The molecule has 0 aliphatic carbocycles. The van der Waals surface area contributed by atoms with Gasteiger partial charge in [-0.25, -0.2) is 0 Å². The van der Waals surface area contributed by atoms with E-state index >= 15 is 0 Å². The van der Waals surface area contributed by atoms with Crippen LogP contribution in [0.15, 0.2) is 103 Å². The molecule has 176 valence electrons. The number of ether oxygens (including phenoxy) is 3. The van der Waals surface area contributed by atoms with Crippen molar-refractivity contribution in [2.45, 2.75) is 32.0 Å². The minimum atomic E-state index is 0.0507. The summed E-state index contributed by atoms with van der Waals surface area (Å²) in [6.07, 6.45) is 0.101. The van der Waals surface area contributed by atoms with E-state index in [4.69, 9.17) is 14.2 Å². The van der Waals surface area contributed by atoms with Crippen LogP contribution in [0.5, 0.6) is 11.5 Å². The fourth-order valence-corrected chi connectivity index (χ4v) is 4.99. The first kappa shape index (κ1) is 21.9. The van der Waals surface area contributed by atoms with Gasteiger partial charge in [-0.05, 0) is 39.9 Å². The molecular formula is C31H29NO3. The summed E-state index contributed by atoms with van der Waals surface area (Å²) < 4.78 is 19.0. The summed E-state index contributed by atoms with van der Waals surface area (Å²) in [6, 6.07) is 35.4. The second-order valence-electron chi connectivity index (χ2n) is 9.27. The lowest BCUT2D eigenvalue weighted by Crippen LogP contribution is -2.35. The molecule has 0 N–H and O–H groups in total. The lowest BCUT2D eigenvalue weighted by atomic mass is 10.0. The predicted molar refractivity (Wildman–Crippen MR) is 136 cm³/mol. The molecular weight excluding hydrogens is 434 g/mol. The number of hydrogen-bond acceptors (Lipinski definition) is 4. The van der Waals surface area contributed by atoms with Crippen LogP contribution in [-0.2, 0) is 24.5 Å². The van der Waals surface area contributed by atoms with Crippen molar-refractivity contribution in [1.29, 1.82) is 0 Å². The number of benzene rings is 4. The Hall–Kier alpha value is -3.60. The van der Waals surface area contributed by atoms with Crippen molar-refractivity contribution < 1.29 is 14.2 Å². The van der Waals surface area contributed by atoms with Crippen LogP contribution in [0.25, 0.3) is 0 Å². The molecule has 4 heteroatoms. The summed E-state index contributed by atoms with van der Waals surface area (Å²) in [4.78, 5) is 2.49. The Labute approximate surface area is 206 Å². The van der Waals surface area contributed by atoms with E-state index in [2.05, 4.69) is 71.6 Å². The molecule has 35 heavy (non-hydrogen) atoms. The molecule has 2 bridgehead atoms. The van der Waals surface area contributed by atoms with Crippen LogP contribution in [0.4, 0.5) is 0 Å². The average Bonchev–Trinajstić information content (AvgIpc) is 3.16. The normalized spacial score (nSPS) is 18.7. The maximum absolute atomic E-state index is 6.42. The third-order valence-corrected chi connectivity index (χ3v) is 6.74. The lowest BCUT2D eigenvalue weighted by molar-refractivity contribution is -0.0704. The van der Waals surface area contributed by atoms with E-state index in [0.29, 0.717) is 13.2 Å². The standard InChI is InChI=1S/C31H29NO3/c1-4-10-23(11-5-1)18-32-19-30-26-16-28(33-21-24-12-6-2-7-13-24)29(17-27(26)31(20-32)35-30)34-22-25-14-8-3-9-15-25/h1-17,30-31H,18-22H2. The van der Waals surface area contributed by atoms with E-state index in [1.807, 2.05) is 36.4 Å². The van der Waals surface area contributed by atoms with Gasteiger partial charge in [0.15, 0.2) is 11.5 Å². The summed E-state index contributed by atoms with van der Waals surface area (Å²) in [5, 5.41) is 0. The summed E-state index contributed by atoms with van der Waals surface area (Å²) >= 11 is 0. The molecule has 4 aromatic carbocycles. The molecule has 2 aliphatic heterocycles. The van der Waals surface area contributed by atoms with E-state index in [0.717, 1.165) is 42.3 Å². The van der Waals surface area contributed by atoms with E-state index in [1.165, 1.54) is 16.7 Å². The SMILES string of the molecule is c1ccc(COc2cc3c(cc2OCc2ccccc2)C2CN(Cc4ccccc4)CC3O2)cc1. The first-order valence-corrected chi connectivity index (χ1v) is 12.2. The minimum Gasteiger partial charge on any atom is -0.485 e. The number of rotatable bonds is 8. The summed E-state index contributed by atoms with van der Waals surface area (Å²) in [5.74, 6) is 1.54. The zero-order valence-corrected chi connectivity index (χ0v) is 19.7. The van der Waals surface area contributed by atoms with Crippen molar-refractivity contribution in [2.24, 2.45) is 0 Å². The predicted octanol–water partition coefficient (Wildman–Crippen LogP) is 6.47. The summed E-state index contributed by atoms with van der Waals surface area (Å²) in [6.45, 7) is 3.67. The topological polar surface area (TPSA) is 30.9 Å². The largest absolute Gasteiger partial charge is 0.485 e. The number of fused-ring (bicyclic) bond motifs is 5. The number of hydrogen-bond donors (Lipinski definition) is 0. The van der Waals surface area contributed by atoms with Gasteiger partial charge in [-0.2, -0.15) is 0 Å². The fraction of sp³-hybridized carbons (Fsp3) is 0.226. The van der Waals surface area contributed by atoms with Crippen LogP contribution >= 0.6 is 0 Å². The smallest absolute Gasteiger partial charge is 0.162 e. The van der Waals surface area contributed by atoms with E-state index in [1.54, 1.807) is 0 Å². The zero-order chi connectivity index (χ0) is 23.5. The van der Waals surface area contributed by atoms with Crippen molar-refractivity contribution >= 4 is 0 Å². The Morgan fingerprint density at radius 3 is 1.49 bits per heavy atom. The van der Waals surface area contributed by atoms with Crippen LogP contribution in [0.1, 0.15) is 40.0 Å². The molecule has 2 aliphatic rings. The van der Waals surface area contributed by atoms with Gasteiger partial charge in [0.05, 0.1) is 12.2 Å². The quantitative estimate of drug-likeness (QED) is 0.300. The number of morpholine rings is 1. The molecule has 2 heterocycles. The molecule has 2 unspecified atom stereocenters. The molecule has 2 atom stereocenters. The van der Waals surface area contributed by atoms with Gasteiger partial charge in [-0.1, -0.05) is 91.0 Å². The Bertz CT molecular complexity index is 1180. The van der Waals surface area contributed by atoms with Gasteiger partial charge in [0.2, 0.25) is 0 Å². The van der Waals surface area contributed by atoms with Gasteiger partial charge in [0, 0.05) is 19.6 Å². The molecule has 0 amide bonds. The van der Waals surface area contributed by atoms with Gasteiger partial charge in [-0.3, -0.25) is 4.90 Å². The van der Waals surface area contributed by atoms with E-state index < -0.39 is 0 Å². The van der Waals surface area contributed by atoms with Crippen molar-refractivity contribution in [3.63, 3.8) is 0 Å². The average molecular weight is 464 g/mol. The van der Waals surface area contributed by atoms with Crippen LogP contribution in [0.3, 0.4) is 0 Å². The minimum absolute atomic E-state index is 0.0507. The Morgan fingerprint density at radius 2 is 1.03 bits per heavy atom. The van der Waals surface area contributed by atoms with Crippen LogP contribution in [0.2, 0.25) is 0 Å². The third-order valence-electron chi connectivity index (χ3n) is 6.74. The van der Waals surface area contributed by atoms with Crippen molar-refractivity contribution in [3.05, 3.63) is 131 Å². The zero-order valence-electron chi connectivity index (χ0n) is 19.7. The number of nitrogens with zero attached hydrogens (tertiary/aromatic N) is 1. The molecule has 0 radical (unpaired) electrons. The maximum atomic E-state index is 6.42. The molecule has 0 aromatic heterocycles. The highest BCUT2D eigenvalue weighted by Gasteiger charge is 2.39.